The highest BCUT2D eigenvalue weighted by molar-refractivity contribution is 6.30. The number of carbonyl (C=O) groups is 3. The van der Waals surface area contributed by atoms with E-state index in [0.717, 1.165) is 11.3 Å². The third-order valence-corrected chi connectivity index (χ3v) is 4.47. The van der Waals surface area contributed by atoms with Crippen molar-refractivity contribution in [3.8, 4) is 0 Å². The van der Waals surface area contributed by atoms with Crippen molar-refractivity contribution < 1.29 is 14.4 Å². The number of carbonyl (C=O) groups excluding carboxylic acids is 3. The first-order valence-corrected chi connectivity index (χ1v) is 8.55. The van der Waals surface area contributed by atoms with Gasteiger partial charge in [0.1, 0.15) is 0 Å². The quantitative estimate of drug-likeness (QED) is 0.792. The van der Waals surface area contributed by atoms with Crippen LogP contribution in [-0.2, 0) is 11.2 Å². The number of urea groups is 1. The summed E-state index contributed by atoms with van der Waals surface area (Å²) in [6, 6.07) is 11.6. The molecule has 1 heterocycles. The van der Waals surface area contributed by atoms with Crippen molar-refractivity contribution in [2.24, 2.45) is 0 Å². The van der Waals surface area contributed by atoms with Crippen LogP contribution < -0.4 is 15.5 Å². The number of fused-ring (bicyclic) bond motifs is 1. The average molecular weight is 372 g/mol. The van der Waals surface area contributed by atoms with E-state index in [1.54, 1.807) is 54.4 Å². The molecule has 0 unspecified atom stereocenters. The molecule has 3 rings (SSSR count). The van der Waals surface area contributed by atoms with Crippen molar-refractivity contribution in [2.75, 3.05) is 23.8 Å². The zero-order valence-corrected chi connectivity index (χ0v) is 15.0. The van der Waals surface area contributed by atoms with Crippen molar-refractivity contribution in [3.63, 3.8) is 0 Å². The first-order valence-electron chi connectivity index (χ1n) is 8.17. The highest BCUT2D eigenvalue weighted by Gasteiger charge is 2.24. The summed E-state index contributed by atoms with van der Waals surface area (Å²) in [5.41, 5.74) is 2.86. The van der Waals surface area contributed by atoms with Gasteiger partial charge in [-0.05, 0) is 48.0 Å². The lowest BCUT2D eigenvalue weighted by molar-refractivity contribution is -0.117. The minimum absolute atomic E-state index is 0.0186. The molecule has 0 bridgehead atoms. The summed E-state index contributed by atoms with van der Waals surface area (Å²) >= 11 is 5.79. The Balaban J connectivity index is 1.50. The zero-order chi connectivity index (χ0) is 18.7. The van der Waals surface area contributed by atoms with E-state index >= 15 is 0 Å². The van der Waals surface area contributed by atoms with E-state index in [4.69, 9.17) is 11.6 Å². The van der Waals surface area contributed by atoms with E-state index in [1.807, 2.05) is 0 Å². The van der Waals surface area contributed by atoms with Crippen molar-refractivity contribution in [1.82, 2.24) is 5.32 Å². The number of nitrogens with one attached hydrogen (secondary N) is 2. The summed E-state index contributed by atoms with van der Waals surface area (Å²) in [6.07, 6.45) is 0.491. The van der Waals surface area contributed by atoms with Gasteiger partial charge in [0.15, 0.2) is 5.78 Å². The SMILES string of the molecule is CN1C(=O)Cc2cc(C(=O)CCNC(=O)Nc3ccc(Cl)cc3)ccc21. The molecule has 2 aromatic rings. The van der Waals surface area contributed by atoms with Crippen LogP contribution in [0.2, 0.25) is 5.02 Å². The smallest absolute Gasteiger partial charge is 0.319 e. The monoisotopic (exact) mass is 371 g/mol. The Morgan fingerprint density at radius 3 is 2.62 bits per heavy atom. The molecular weight excluding hydrogens is 354 g/mol. The van der Waals surface area contributed by atoms with Crippen LogP contribution in [0.25, 0.3) is 0 Å². The van der Waals surface area contributed by atoms with Crippen LogP contribution in [0.3, 0.4) is 0 Å². The number of halogens is 1. The molecule has 0 radical (unpaired) electrons. The molecule has 0 aliphatic carbocycles. The molecule has 1 aliphatic heterocycles. The third-order valence-electron chi connectivity index (χ3n) is 4.22. The fourth-order valence-corrected chi connectivity index (χ4v) is 2.91. The molecule has 0 fully saturated rings. The molecule has 134 valence electrons. The molecule has 3 amide bonds. The Morgan fingerprint density at radius 2 is 1.88 bits per heavy atom. The van der Waals surface area contributed by atoms with Crippen molar-refractivity contribution in [3.05, 3.63) is 58.6 Å². The van der Waals surface area contributed by atoms with Gasteiger partial charge in [-0.15, -0.1) is 0 Å². The molecule has 6 nitrogen and oxygen atoms in total. The molecule has 2 N–H and O–H groups in total. The number of nitrogens with zero attached hydrogens (tertiary/aromatic N) is 1. The predicted molar refractivity (Wildman–Crippen MR) is 101 cm³/mol. The fourth-order valence-electron chi connectivity index (χ4n) is 2.79. The van der Waals surface area contributed by atoms with Gasteiger partial charge >= 0.3 is 6.03 Å². The number of anilines is 2. The molecule has 0 spiro atoms. The zero-order valence-electron chi connectivity index (χ0n) is 14.2. The number of Topliss-reactive ketones (excluding diaryl/α,β-unsaturated/α-hetero) is 1. The first kappa shape index (κ1) is 17.9. The Hall–Kier alpha value is -2.86. The lowest BCUT2D eigenvalue weighted by atomic mass is 10.0. The van der Waals surface area contributed by atoms with Gasteiger partial charge in [-0.1, -0.05) is 11.6 Å². The van der Waals surface area contributed by atoms with Crippen LogP contribution in [-0.4, -0.2) is 31.3 Å². The number of hydrogen-bond acceptors (Lipinski definition) is 3. The van der Waals surface area contributed by atoms with Gasteiger partial charge in [-0.2, -0.15) is 0 Å². The highest BCUT2D eigenvalue weighted by atomic mass is 35.5. The lowest BCUT2D eigenvalue weighted by Crippen LogP contribution is -2.30. The molecule has 7 heteroatoms. The van der Waals surface area contributed by atoms with Crippen LogP contribution >= 0.6 is 11.6 Å². The van der Waals surface area contributed by atoms with Crippen molar-refractivity contribution >= 4 is 40.7 Å². The summed E-state index contributed by atoms with van der Waals surface area (Å²) in [5, 5.41) is 5.90. The maximum atomic E-state index is 12.3. The Morgan fingerprint density at radius 1 is 1.15 bits per heavy atom. The van der Waals surface area contributed by atoms with Crippen LogP contribution in [0, 0.1) is 0 Å². The number of benzene rings is 2. The molecule has 0 atom stereocenters. The highest BCUT2D eigenvalue weighted by Crippen LogP contribution is 2.28. The maximum absolute atomic E-state index is 12.3. The summed E-state index contributed by atoms with van der Waals surface area (Å²) in [5.74, 6) is -0.0632. The predicted octanol–water partition coefficient (Wildman–Crippen LogP) is 3.25. The minimum atomic E-state index is -0.388. The van der Waals surface area contributed by atoms with Crippen LogP contribution in [0.1, 0.15) is 22.3 Å². The minimum Gasteiger partial charge on any atom is -0.337 e. The normalized spacial score (nSPS) is 12.7. The lowest BCUT2D eigenvalue weighted by Gasteiger charge is -2.10. The molecular formula is C19H18ClN3O3. The second-order valence-electron chi connectivity index (χ2n) is 6.03. The van der Waals surface area contributed by atoms with Gasteiger partial charge in [0, 0.05) is 42.0 Å². The summed E-state index contributed by atoms with van der Waals surface area (Å²) in [6.45, 7) is 0.216. The van der Waals surface area contributed by atoms with Gasteiger partial charge in [0.25, 0.3) is 0 Å². The van der Waals surface area contributed by atoms with Crippen LogP contribution in [0.4, 0.5) is 16.2 Å². The van der Waals surface area contributed by atoms with Gasteiger partial charge in [-0.3, -0.25) is 9.59 Å². The number of amides is 3. The van der Waals surface area contributed by atoms with Gasteiger partial charge in [-0.25, -0.2) is 4.79 Å². The molecule has 1 aliphatic rings. The fraction of sp³-hybridized carbons (Fsp3) is 0.211. The van der Waals surface area contributed by atoms with Crippen molar-refractivity contribution in [1.29, 1.82) is 0 Å². The van der Waals surface area contributed by atoms with Gasteiger partial charge in [0.05, 0.1) is 6.42 Å². The summed E-state index contributed by atoms with van der Waals surface area (Å²) in [4.78, 5) is 37.4. The Kier molecular flexibility index (Phi) is 5.23. The molecule has 2 aromatic carbocycles. The van der Waals surface area contributed by atoms with E-state index in [0.29, 0.717) is 22.7 Å². The second kappa shape index (κ2) is 7.58. The Labute approximate surface area is 156 Å². The van der Waals surface area contributed by atoms with E-state index in [2.05, 4.69) is 10.6 Å². The Bertz CT molecular complexity index is 865. The summed E-state index contributed by atoms with van der Waals surface area (Å²) in [7, 11) is 1.72. The van der Waals surface area contributed by atoms with Gasteiger partial charge in [0.2, 0.25) is 5.91 Å². The third kappa shape index (κ3) is 4.03. The topological polar surface area (TPSA) is 78.5 Å². The van der Waals surface area contributed by atoms with Gasteiger partial charge < -0.3 is 15.5 Å². The average Bonchev–Trinajstić information content (AvgIpc) is 2.90. The van der Waals surface area contributed by atoms with E-state index < -0.39 is 0 Å². The molecule has 0 saturated heterocycles. The van der Waals surface area contributed by atoms with E-state index in [-0.39, 0.29) is 30.7 Å². The number of rotatable bonds is 5. The largest absolute Gasteiger partial charge is 0.337 e. The van der Waals surface area contributed by atoms with Crippen LogP contribution in [0.5, 0.6) is 0 Å². The summed E-state index contributed by atoms with van der Waals surface area (Å²) < 4.78 is 0. The molecule has 26 heavy (non-hydrogen) atoms. The second-order valence-corrected chi connectivity index (χ2v) is 6.47. The maximum Gasteiger partial charge on any atom is 0.319 e. The molecule has 0 aromatic heterocycles. The van der Waals surface area contributed by atoms with Crippen LogP contribution in [0.15, 0.2) is 42.5 Å². The number of ketones is 1. The van der Waals surface area contributed by atoms with Crippen molar-refractivity contribution in [2.45, 2.75) is 12.8 Å². The van der Waals surface area contributed by atoms with E-state index in [1.165, 1.54) is 0 Å². The molecule has 0 saturated carbocycles. The number of hydrogen-bond donors (Lipinski definition) is 2. The first-order chi connectivity index (χ1) is 12.4. The van der Waals surface area contributed by atoms with E-state index in [9.17, 15) is 14.4 Å². The number of likely N-dealkylation sites (N-methyl/N-ethyl adjacent to an activating group) is 1. The standard InChI is InChI=1S/C19H18ClN3O3/c1-23-16-7-2-12(10-13(16)11-18(23)25)17(24)8-9-21-19(26)22-15-5-3-14(20)4-6-15/h2-7,10H,8-9,11H2,1H3,(H2,21,22,26).